The molecule has 0 saturated carbocycles. The largest absolute Gasteiger partial charge is 0.340 e. The van der Waals surface area contributed by atoms with Crippen LogP contribution in [0.1, 0.15) is 22.9 Å². The van der Waals surface area contributed by atoms with E-state index in [1.54, 1.807) is 19.3 Å². The van der Waals surface area contributed by atoms with Crippen LogP contribution in [0.3, 0.4) is 0 Å². The second-order valence-corrected chi connectivity index (χ2v) is 4.19. The van der Waals surface area contributed by atoms with Crippen LogP contribution in [0.4, 0.5) is 4.39 Å². The second-order valence-electron chi connectivity index (χ2n) is 4.19. The smallest absolute Gasteiger partial charge is 0.126 e. The zero-order valence-electron chi connectivity index (χ0n) is 10.2. The SMILES string of the molecule is CNC(c1ccc(F)c(C)c1)c1cn(C)cn1. The topological polar surface area (TPSA) is 29.9 Å². The quantitative estimate of drug-likeness (QED) is 0.880. The van der Waals surface area contributed by atoms with Gasteiger partial charge in [0.05, 0.1) is 18.1 Å². The van der Waals surface area contributed by atoms with Gasteiger partial charge in [0, 0.05) is 13.2 Å². The van der Waals surface area contributed by atoms with Gasteiger partial charge in [0.1, 0.15) is 5.82 Å². The van der Waals surface area contributed by atoms with Crippen molar-refractivity contribution in [2.75, 3.05) is 7.05 Å². The van der Waals surface area contributed by atoms with Crippen molar-refractivity contribution in [1.82, 2.24) is 14.9 Å². The molecule has 0 amide bonds. The molecule has 0 fully saturated rings. The van der Waals surface area contributed by atoms with E-state index >= 15 is 0 Å². The molecule has 0 aliphatic rings. The highest BCUT2D eigenvalue weighted by Gasteiger charge is 2.15. The Balaban J connectivity index is 2.38. The number of aryl methyl sites for hydroxylation is 2. The van der Waals surface area contributed by atoms with Gasteiger partial charge >= 0.3 is 0 Å². The van der Waals surface area contributed by atoms with Gasteiger partial charge in [0.25, 0.3) is 0 Å². The van der Waals surface area contributed by atoms with E-state index in [1.165, 1.54) is 6.07 Å². The lowest BCUT2D eigenvalue weighted by Gasteiger charge is -2.15. The van der Waals surface area contributed by atoms with Crippen LogP contribution in [-0.2, 0) is 7.05 Å². The lowest BCUT2D eigenvalue weighted by Crippen LogP contribution is -2.18. The van der Waals surface area contributed by atoms with E-state index in [1.807, 2.05) is 30.9 Å². The van der Waals surface area contributed by atoms with Crippen LogP contribution in [0.15, 0.2) is 30.7 Å². The minimum Gasteiger partial charge on any atom is -0.340 e. The number of hydrogen-bond donors (Lipinski definition) is 1. The van der Waals surface area contributed by atoms with Crippen molar-refractivity contribution < 1.29 is 4.39 Å². The van der Waals surface area contributed by atoms with E-state index in [0.717, 1.165) is 11.3 Å². The monoisotopic (exact) mass is 233 g/mol. The highest BCUT2D eigenvalue weighted by atomic mass is 19.1. The van der Waals surface area contributed by atoms with Gasteiger partial charge in [-0.3, -0.25) is 0 Å². The Morgan fingerprint density at radius 2 is 2.18 bits per heavy atom. The van der Waals surface area contributed by atoms with Gasteiger partial charge < -0.3 is 9.88 Å². The normalized spacial score (nSPS) is 12.7. The molecule has 1 N–H and O–H groups in total. The summed E-state index contributed by atoms with van der Waals surface area (Å²) in [6.07, 6.45) is 3.72. The van der Waals surface area contributed by atoms with Crippen LogP contribution in [0.5, 0.6) is 0 Å². The molecule has 3 nitrogen and oxygen atoms in total. The van der Waals surface area contributed by atoms with Crippen molar-refractivity contribution in [3.05, 3.63) is 53.4 Å². The molecule has 0 aliphatic heterocycles. The maximum atomic E-state index is 13.2. The first kappa shape index (κ1) is 11.8. The highest BCUT2D eigenvalue weighted by molar-refractivity contribution is 5.31. The molecule has 1 aromatic heterocycles. The van der Waals surface area contributed by atoms with Gasteiger partial charge in [-0.1, -0.05) is 12.1 Å². The maximum absolute atomic E-state index is 13.2. The van der Waals surface area contributed by atoms with Crippen LogP contribution in [0, 0.1) is 12.7 Å². The molecule has 2 aromatic rings. The van der Waals surface area contributed by atoms with Gasteiger partial charge in [-0.05, 0) is 31.2 Å². The summed E-state index contributed by atoms with van der Waals surface area (Å²) in [7, 11) is 3.80. The first-order valence-corrected chi connectivity index (χ1v) is 5.53. The van der Waals surface area contributed by atoms with Crippen LogP contribution in [0.2, 0.25) is 0 Å². The van der Waals surface area contributed by atoms with Crippen LogP contribution in [-0.4, -0.2) is 16.6 Å². The highest BCUT2D eigenvalue weighted by Crippen LogP contribution is 2.21. The van der Waals surface area contributed by atoms with Crippen LogP contribution < -0.4 is 5.32 Å². The van der Waals surface area contributed by atoms with Crippen molar-refractivity contribution in [3.8, 4) is 0 Å². The second kappa shape index (κ2) is 4.67. The summed E-state index contributed by atoms with van der Waals surface area (Å²) < 4.78 is 15.1. The standard InChI is InChI=1S/C13H16FN3/c1-9-6-10(4-5-11(9)14)13(15-2)12-7-17(3)8-16-12/h4-8,13,15H,1-3H3. The van der Waals surface area contributed by atoms with Crippen molar-refractivity contribution >= 4 is 0 Å². The first-order valence-electron chi connectivity index (χ1n) is 5.53. The molecular weight excluding hydrogens is 217 g/mol. The Kier molecular flexibility index (Phi) is 3.24. The average molecular weight is 233 g/mol. The summed E-state index contributed by atoms with van der Waals surface area (Å²) in [5, 5.41) is 3.20. The molecular formula is C13H16FN3. The Bertz CT molecular complexity index is 519. The predicted octanol–water partition coefficient (Wildman–Crippen LogP) is 2.18. The number of hydrogen-bond acceptors (Lipinski definition) is 2. The number of nitrogens with zero attached hydrogens (tertiary/aromatic N) is 2. The third kappa shape index (κ3) is 2.36. The van der Waals surface area contributed by atoms with Crippen molar-refractivity contribution in [2.24, 2.45) is 7.05 Å². The molecule has 17 heavy (non-hydrogen) atoms. The molecule has 0 aliphatic carbocycles. The molecule has 1 aromatic carbocycles. The van der Waals surface area contributed by atoms with Crippen molar-refractivity contribution in [2.45, 2.75) is 13.0 Å². The van der Waals surface area contributed by atoms with Crippen molar-refractivity contribution in [3.63, 3.8) is 0 Å². The summed E-state index contributed by atoms with van der Waals surface area (Å²) in [6, 6.07) is 5.14. The fourth-order valence-electron chi connectivity index (χ4n) is 1.91. The van der Waals surface area contributed by atoms with E-state index in [0.29, 0.717) is 5.56 Å². The molecule has 90 valence electrons. The molecule has 1 heterocycles. The minimum atomic E-state index is -0.176. The van der Waals surface area contributed by atoms with E-state index in [4.69, 9.17) is 0 Å². The van der Waals surface area contributed by atoms with Crippen LogP contribution in [0.25, 0.3) is 0 Å². The van der Waals surface area contributed by atoms with Gasteiger partial charge in [-0.2, -0.15) is 0 Å². The minimum absolute atomic E-state index is 0.00417. The fraction of sp³-hybridized carbons (Fsp3) is 0.308. The Hall–Kier alpha value is -1.68. The summed E-state index contributed by atoms with van der Waals surface area (Å²) in [4.78, 5) is 4.32. The predicted molar refractivity (Wildman–Crippen MR) is 65.2 cm³/mol. The Morgan fingerprint density at radius 1 is 1.41 bits per heavy atom. The molecule has 0 radical (unpaired) electrons. The molecule has 0 bridgehead atoms. The summed E-state index contributed by atoms with van der Waals surface area (Å²) in [5.74, 6) is -0.176. The van der Waals surface area contributed by atoms with E-state index in [9.17, 15) is 4.39 Å². The maximum Gasteiger partial charge on any atom is 0.126 e. The van der Waals surface area contributed by atoms with Crippen LogP contribution >= 0.6 is 0 Å². The Labute approximate surface area is 100 Å². The number of rotatable bonds is 3. The summed E-state index contributed by atoms with van der Waals surface area (Å²) in [5.41, 5.74) is 2.60. The number of imidazole rings is 1. The first-order chi connectivity index (χ1) is 8.11. The zero-order chi connectivity index (χ0) is 12.4. The number of benzene rings is 1. The van der Waals surface area contributed by atoms with Crippen molar-refractivity contribution in [1.29, 1.82) is 0 Å². The molecule has 4 heteroatoms. The Morgan fingerprint density at radius 3 is 2.71 bits per heavy atom. The van der Waals surface area contributed by atoms with Gasteiger partial charge in [0.2, 0.25) is 0 Å². The summed E-state index contributed by atoms with van der Waals surface area (Å²) >= 11 is 0. The van der Waals surface area contributed by atoms with E-state index in [2.05, 4.69) is 10.3 Å². The van der Waals surface area contributed by atoms with E-state index < -0.39 is 0 Å². The number of nitrogens with one attached hydrogen (secondary N) is 1. The lowest BCUT2D eigenvalue weighted by molar-refractivity contribution is 0.613. The molecule has 1 unspecified atom stereocenters. The average Bonchev–Trinajstić information content (AvgIpc) is 2.71. The van der Waals surface area contributed by atoms with E-state index in [-0.39, 0.29) is 11.9 Å². The fourth-order valence-corrected chi connectivity index (χ4v) is 1.91. The molecule has 0 saturated heterocycles. The zero-order valence-corrected chi connectivity index (χ0v) is 10.2. The molecule has 0 spiro atoms. The molecule has 2 rings (SSSR count). The van der Waals surface area contributed by atoms with Gasteiger partial charge in [-0.25, -0.2) is 9.37 Å². The van der Waals surface area contributed by atoms with Gasteiger partial charge in [0.15, 0.2) is 0 Å². The number of halogens is 1. The molecule has 1 atom stereocenters. The van der Waals surface area contributed by atoms with Gasteiger partial charge in [-0.15, -0.1) is 0 Å². The third-order valence-electron chi connectivity index (χ3n) is 2.82. The summed E-state index contributed by atoms with van der Waals surface area (Å²) in [6.45, 7) is 1.77. The lowest BCUT2D eigenvalue weighted by atomic mass is 10.0. The third-order valence-corrected chi connectivity index (χ3v) is 2.82. The number of aromatic nitrogens is 2.